The van der Waals surface area contributed by atoms with E-state index in [-0.39, 0.29) is 0 Å². The standard InChI is InChI=1S/C15H11F3N4O/c1-8-12(14(23)22-21-8)13(10(6-19)7-20)9-2-4-11(5-3-9)15(16,17)18/h2-5,10,12-13H,1H3,(H,22,23). The van der Waals surface area contributed by atoms with E-state index in [1.165, 1.54) is 12.1 Å². The molecule has 2 rings (SSSR count). The van der Waals surface area contributed by atoms with Crippen LogP contribution in [0.4, 0.5) is 13.2 Å². The second kappa shape index (κ2) is 6.09. The molecule has 0 fully saturated rings. The summed E-state index contributed by atoms with van der Waals surface area (Å²) in [6.07, 6.45) is -4.49. The van der Waals surface area contributed by atoms with Gasteiger partial charge in [-0.05, 0) is 24.6 Å². The summed E-state index contributed by atoms with van der Waals surface area (Å²) in [6, 6.07) is 7.70. The maximum absolute atomic E-state index is 12.6. The summed E-state index contributed by atoms with van der Waals surface area (Å²) in [6.45, 7) is 1.56. The highest BCUT2D eigenvalue weighted by molar-refractivity contribution is 6.07. The van der Waals surface area contributed by atoms with Gasteiger partial charge in [-0.15, -0.1) is 0 Å². The van der Waals surface area contributed by atoms with Gasteiger partial charge in [0.15, 0.2) is 0 Å². The van der Waals surface area contributed by atoms with Gasteiger partial charge in [0, 0.05) is 11.6 Å². The van der Waals surface area contributed by atoms with Crippen LogP contribution in [0.1, 0.15) is 24.0 Å². The highest BCUT2D eigenvalue weighted by Gasteiger charge is 2.41. The smallest absolute Gasteiger partial charge is 0.272 e. The number of carbonyl (C=O) groups excluding carboxylic acids is 1. The molecule has 1 heterocycles. The molecule has 1 N–H and O–H groups in total. The van der Waals surface area contributed by atoms with Crippen molar-refractivity contribution in [3.8, 4) is 12.1 Å². The van der Waals surface area contributed by atoms with E-state index in [9.17, 15) is 18.0 Å². The Labute approximate surface area is 130 Å². The lowest BCUT2D eigenvalue weighted by atomic mass is 9.75. The minimum atomic E-state index is -4.49. The summed E-state index contributed by atoms with van der Waals surface area (Å²) in [5.41, 5.74) is 2.11. The number of nitriles is 2. The van der Waals surface area contributed by atoms with Gasteiger partial charge in [0.2, 0.25) is 5.91 Å². The average molecular weight is 320 g/mol. The predicted molar refractivity (Wildman–Crippen MR) is 73.6 cm³/mol. The first-order valence-corrected chi connectivity index (χ1v) is 6.60. The number of benzene rings is 1. The molecule has 1 aromatic rings. The minimum absolute atomic E-state index is 0.308. The Hall–Kier alpha value is -2.87. The lowest BCUT2D eigenvalue weighted by Crippen LogP contribution is -2.32. The number of hydrogen-bond donors (Lipinski definition) is 1. The van der Waals surface area contributed by atoms with Crippen molar-refractivity contribution in [2.75, 3.05) is 0 Å². The second-order valence-electron chi connectivity index (χ2n) is 5.09. The van der Waals surface area contributed by atoms with Gasteiger partial charge in [0.25, 0.3) is 0 Å². The summed E-state index contributed by atoms with van der Waals surface area (Å²) in [5, 5.41) is 22.1. The van der Waals surface area contributed by atoms with Crippen molar-refractivity contribution in [1.82, 2.24) is 5.43 Å². The maximum atomic E-state index is 12.6. The zero-order valence-electron chi connectivity index (χ0n) is 11.9. The molecule has 118 valence electrons. The Morgan fingerprint density at radius 3 is 2.17 bits per heavy atom. The third kappa shape index (κ3) is 3.16. The topological polar surface area (TPSA) is 89.0 Å². The second-order valence-corrected chi connectivity index (χ2v) is 5.09. The van der Waals surface area contributed by atoms with Gasteiger partial charge in [0.05, 0.1) is 23.6 Å². The first-order chi connectivity index (χ1) is 10.8. The Morgan fingerprint density at radius 2 is 1.78 bits per heavy atom. The van der Waals surface area contributed by atoms with Gasteiger partial charge in [-0.1, -0.05) is 12.1 Å². The number of hydrazone groups is 1. The van der Waals surface area contributed by atoms with Crippen LogP contribution in [0.15, 0.2) is 29.4 Å². The Kier molecular flexibility index (Phi) is 4.37. The van der Waals surface area contributed by atoms with Gasteiger partial charge in [-0.2, -0.15) is 28.8 Å². The molecule has 1 aliphatic rings. The van der Waals surface area contributed by atoms with Crippen molar-refractivity contribution in [3.63, 3.8) is 0 Å². The zero-order valence-corrected chi connectivity index (χ0v) is 11.9. The van der Waals surface area contributed by atoms with E-state index in [1.54, 1.807) is 19.1 Å². The monoisotopic (exact) mass is 320 g/mol. The van der Waals surface area contributed by atoms with Gasteiger partial charge in [0.1, 0.15) is 5.92 Å². The van der Waals surface area contributed by atoms with Crippen LogP contribution < -0.4 is 5.43 Å². The lowest BCUT2D eigenvalue weighted by Gasteiger charge is -2.23. The van der Waals surface area contributed by atoms with Gasteiger partial charge >= 0.3 is 6.18 Å². The fraction of sp³-hybridized carbons (Fsp3) is 0.333. The molecule has 2 atom stereocenters. The number of carbonyl (C=O) groups is 1. The fourth-order valence-electron chi connectivity index (χ4n) is 2.56. The number of hydrogen-bond acceptors (Lipinski definition) is 4. The van der Waals surface area contributed by atoms with Gasteiger partial charge in [-0.25, -0.2) is 5.43 Å². The van der Waals surface area contributed by atoms with E-state index in [4.69, 9.17) is 10.5 Å². The molecule has 0 radical (unpaired) electrons. The van der Waals surface area contributed by atoms with Crippen molar-refractivity contribution < 1.29 is 18.0 Å². The van der Waals surface area contributed by atoms with Crippen molar-refractivity contribution in [3.05, 3.63) is 35.4 Å². The van der Waals surface area contributed by atoms with Crippen LogP contribution in [-0.2, 0) is 11.0 Å². The highest BCUT2D eigenvalue weighted by Crippen LogP contribution is 2.36. The third-order valence-corrected chi connectivity index (χ3v) is 3.69. The summed E-state index contributed by atoms with van der Waals surface area (Å²) in [5.74, 6) is -3.43. The molecule has 0 saturated heterocycles. The lowest BCUT2D eigenvalue weighted by molar-refractivity contribution is -0.137. The molecule has 2 unspecified atom stereocenters. The van der Waals surface area contributed by atoms with E-state index in [0.29, 0.717) is 11.3 Å². The molecule has 0 aromatic heterocycles. The van der Waals surface area contributed by atoms with Gasteiger partial charge < -0.3 is 0 Å². The molecular formula is C15H11F3N4O. The van der Waals surface area contributed by atoms with E-state index in [0.717, 1.165) is 12.1 Å². The molecule has 8 heteroatoms. The SMILES string of the molecule is CC1=NNC(=O)C1C(c1ccc(C(F)(F)F)cc1)C(C#N)C#N. The van der Waals surface area contributed by atoms with E-state index in [2.05, 4.69) is 10.5 Å². The first kappa shape index (κ1) is 16.5. The van der Waals surface area contributed by atoms with Crippen LogP contribution in [0.25, 0.3) is 0 Å². The summed E-state index contributed by atoms with van der Waals surface area (Å²) < 4.78 is 37.9. The Balaban J connectivity index is 2.47. The summed E-state index contributed by atoms with van der Waals surface area (Å²) >= 11 is 0. The van der Waals surface area contributed by atoms with Crippen molar-refractivity contribution >= 4 is 11.6 Å². The molecule has 0 saturated carbocycles. The Bertz CT molecular complexity index is 711. The van der Waals surface area contributed by atoms with E-state index >= 15 is 0 Å². The van der Waals surface area contributed by atoms with Gasteiger partial charge in [-0.3, -0.25) is 4.79 Å². The van der Waals surface area contributed by atoms with Crippen LogP contribution in [0, 0.1) is 34.5 Å². The molecular weight excluding hydrogens is 309 g/mol. The fourth-order valence-corrected chi connectivity index (χ4v) is 2.56. The number of amides is 1. The molecule has 1 amide bonds. The maximum Gasteiger partial charge on any atom is 0.416 e. The molecule has 1 aromatic carbocycles. The third-order valence-electron chi connectivity index (χ3n) is 3.69. The number of nitrogens with one attached hydrogen (secondary N) is 1. The van der Waals surface area contributed by atoms with Crippen LogP contribution in [-0.4, -0.2) is 11.6 Å². The van der Waals surface area contributed by atoms with Crippen molar-refractivity contribution in [2.24, 2.45) is 16.9 Å². The Morgan fingerprint density at radius 1 is 1.22 bits per heavy atom. The van der Waals surface area contributed by atoms with Crippen LogP contribution in [0.3, 0.4) is 0 Å². The quantitative estimate of drug-likeness (QED) is 0.928. The number of nitrogens with zero attached hydrogens (tertiary/aromatic N) is 3. The number of halogens is 3. The largest absolute Gasteiger partial charge is 0.416 e. The molecule has 0 bridgehead atoms. The van der Waals surface area contributed by atoms with Crippen molar-refractivity contribution in [1.29, 1.82) is 10.5 Å². The summed E-state index contributed by atoms with van der Waals surface area (Å²) in [7, 11) is 0. The molecule has 5 nitrogen and oxygen atoms in total. The average Bonchev–Trinajstić information content (AvgIpc) is 2.83. The summed E-state index contributed by atoms with van der Waals surface area (Å²) in [4.78, 5) is 11.9. The van der Waals surface area contributed by atoms with Crippen molar-refractivity contribution in [2.45, 2.75) is 19.0 Å². The number of rotatable bonds is 3. The molecule has 0 spiro atoms. The van der Waals surface area contributed by atoms with E-state index in [1.807, 2.05) is 0 Å². The normalized spacial score (nSPS) is 18.8. The minimum Gasteiger partial charge on any atom is -0.272 e. The zero-order chi connectivity index (χ0) is 17.2. The highest BCUT2D eigenvalue weighted by atomic mass is 19.4. The van der Waals surface area contributed by atoms with Crippen LogP contribution >= 0.6 is 0 Å². The predicted octanol–water partition coefficient (Wildman–Crippen LogP) is 2.57. The van der Waals surface area contributed by atoms with Crippen LogP contribution in [0.2, 0.25) is 0 Å². The first-order valence-electron chi connectivity index (χ1n) is 6.60. The molecule has 1 aliphatic heterocycles. The molecule has 23 heavy (non-hydrogen) atoms. The molecule has 0 aliphatic carbocycles. The number of alkyl halides is 3. The van der Waals surface area contributed by atoms with Crippen LogP contribution in [0.5, 0.6) is 0 Å². The van der Waals surface area contributed by atoms with E-state index < -0.39 is 35.4 Å².